The number of imidazole rings is 1. The number of aromatic nitrogens is 4. The number of halogens is 3. The van der Waals surface area contributed by atoms with Crippen molar-refractivity contribution < 1.29 is 8.78 Å². The summed E-state index contributed by atoms with van der Waals surface area (Å²) >= 11 is 5.76. The van der Waals surface area contributed by atoms with Crippen LogP contribution in [0.25, 0.3) is 33.8 Å². The fourth-order valence-corrected chi connectivity index (χ4v) is 2.50. The molecule has 7 heteroatoms. The van der Waals surface area contributed by atoms with Gasteiger partial charge >= 0.3 is 0 Å². The molecular formula is C16H9ClF2N4. The topological polar surface area (TPSA) is 57.4 Å². The van der Waals surface area contributed by atoms with Crippen LogP contribution in [0.3, 0.4) is 0 Å². The third kappa shape index (κ3) is 2.47. The van der Waals surface area contributed by atoms with Gasteiger partial charge < -0.3 is 4.98 Å². The van der Waals surface area contributed by atoms with E-state index in [0.717, 1.165) is 5.56 Å². The lowest BCUT2D eigenvalue weighted by Gasteiger charge is -1.94. The minimum absolute atomic E-state index is 0.0205. The minimum Gasteiger partial charge on any atom is -0.337 e. The molecule has 0 amide bonds. The van der Waals surface area contributed by atoms with E-state index in [4.69, 9.17) is 11.6 Å². The third-order valence-electron chi connectivity index (χ3n) is 3.50. The summed E-state index contributed by atoms with van der Waals surface area (Å²) in [5, 5.41) is 7.07. The molecule has 2 heterocycles. The van der Waals surface area contributed by atoms with Gasteiger partial charge in [0, 0.05) is 11.6 Å². The van der Waals surface area contributed by atoms with Gasteiger partial charge in [-0.05, 0) is 36.4 Å². The van der Waals surface area contributed by atoms with Crippen LogP contribution in [0, 0.1) is 11.6 Å². The van der Waals surface area contributed by atoms with E-state index in [9.17, 15) is 8.78 Å². The standard InChI is InChI=1S/C16H9ClF2N4/c17-10-5-13-14(6-11(10)19)21-16(20-13)15-7-12(22-23-15)8-1-3-9(18)4-2-8/h1-7H,(H,20,21)(H,22,23). The van der Waals surface area contributed by atoms with Gasteiger partial charge in [0.2, 0.25) is 0 Å². The summed E-state index contributed by atoms with van der Waals surface area (Å²) in [7, 11) is 0. The molecule has 2 aromatic carbocycles. The maximum atomic E-state index is 13.5. The Hall–Kier alpha value is -2.73. The predicted molar refractivity (Wildman–Crippen MR) is 84.0 cm³/mol. The van der Waals surface area contributed by atoms with Gasteiger partial charge in [-0.1, -0.05) is 11.6 Å². The smallest absolute Gasteiger partial charge is 0.156 e. The van der Waals surface area contributed by atoms with Crippen molar-refractivity contribution in [1.82, 2.24) is 20.2 Å². The molecule has 0 saturated heterocycles. The van der Waals surface area contributed by atoms with Gasteiger partial charge in [-0.2, -0.15) is 5.10 Å². The molecule has 4 nitrogen and oxygen atoms in total. The molecule has 0 aliphatic rings. The number of nitrogens with one attached hydrogen (secondary N) is 2. The van der Waals surface area contributed by atoms with Crippen molar-refractivity contribution in [3.05, 3.63) is 59.1 Å². The first-order chi connectivity index (χ1) is 11.1. The summed E-state index contributed by atoms with van der Waals surface area (Å²) in [6.07, 6.45) is 0. The molecule has 0 radical (unpaired) electrons. The monoisotopic (exact) mass is 330 g/mol. The Kier molecular flexibility index (Phi) is 3.12. The van der Waals surface area contributed by atoms with Crippen LogP contribution in [0.15, 0.2) is 42.5 Å². The number of H-pyrrole nitrogens is 2. The molecule has 2 N–H and O–H groups in total. The molecule has 2 aromatic heterocycles. The number of benzene rings is 2. The predicted octanol–water partition coefficient (Wildman–Crippen LogP) is 4.55. The highest BCUT2D eigenvalue weighted by Crippen LogP contribution is 2.26. The van der Waals surface area contributed by atoms with Crippen molar-refractivity contribution >= 4 is 22.6 Å². The second kappa shape index (κ2) is 5.17. The maximum absolute atomic E-state index is 13.5. The molecule has 0 unspecified atom stereocenters. The molecule has 0 bridgehead atoms. The van der Waals surface area contributed by atoms with Gasteiger partial charge in [-0.15, -0.1) is 0 Å². The molecule has 0 saturated carbocycles. The normalized spacial score (nSPS) is 11.3. The summed E-state index contributed by atoms with van der Waals surface area (Å²) in [6, 6.07) is 10.6. The van der Waals surface area contributed by atoms with Crippen molar-refractivity contribution in [2.75, 3.05) is 0 Å². The molecular weight excluding hydrogens is 322 g/mol. The molecule has 4 aromatic rings. The number of rotatable bonds is 2. The average molecular weight is 331 g/mol. The fraction of sp³-hybridized carbons (Fsp3) is 0. The molecule has 0 aliphatic carbocycles. The van der Waals surface area contributed by atoms with E-state index in [1.165, 1.54) is 24.3 Å². The van der Waals surface area contributed by atoms with Gasteiger partial charge in [-0.25, -0.2) is 13.8 Å². The summed E-state index contributed by atoms with van der Waals surface area (Å²) < 4.78 is 26.5. The first kappa shape index (κ1) is 13.9. The van der Waals surface area contributed by atoms with E-state index >= 15 is 0 Å². The summed E-state index contributed by atoms with van der Waals surface area (Å²) in [6.45, 7) is 0. The van der Waals surface area contributed by atoms with E-state index < -0.39 is 5.82 Å². The van der Waals surface area contributed by atoms with E-state index in [1.807, 2.05) is 0 Å². The van der Waals surface area contributed by atoms with Crippen molar-refractivity contribution in [3.63, 3.8) is 0 Å². The molecule has 0 aliphatic heterocycles. The Bertz CT molecular complexity index is 966. The largest absolute Gasteiger partial charge is 0.337 e. The average Bonchev–Trinajstić information content (AvgIpc) is 3.15. The van der Waals surface area contributed by atoms with Crippen LogP contribution in [-0.4, -0.2) is 20.2 Å². The van der Waals surface area contributed by atoms with Gasteiger partial charge in [0.15, 0.2) is 5.82 Å². The zero-order chi connectivity index (χ0) is 16.0. The van der Waals surface area contributed by atoms with Crippen LogP contribution in [0.1, 0.15) is 0 Å². The van der Waals surface area contributed by atoms with Gasteiger partial charge in [0.25, 0.3) is 0 Å². The van der Waals surface area contributed by atoms with Gasteiger partial charge in [0.1, 0.15) is 17.3 Å². The molecule has 0 spiro atoms. The lowest BCUT2D eigenvalue weighted by atomic mass is 10.1. The van der Waals surface area contributed by atoms with Crippen LogP contribution in [-0.2, 0) is 0 Å². The van der Waals surface area contributed by atoms with E-state index in [0.29, 0.717) is 28.2 Å². The van der Waals surface area contributed by atoms with Crippen LogP contribution >= 0.6 is 11.6 Å². The number of hydrogen-bond donors (Lipinski definition) is 2. The maximum Gasteiger partial charge on any atom is 0.156 e. The van der Waals surface area contributed by atoms with Crippen LogP contribution < -0.4 is 0 Å². The SMILES string of the molecule is Fc1ccc(-c2cc(-c3nc4cc(Cl)c(F)cc4[nH]3)[nH]n2)cc1. The molecule has 114 valence electrons. The quantitative estimate of drug-likeness (QED) is 0.566. The molecule has 0 fully saturated rings. The van der Waals surface area contributed by atoms with Crippen molar-refractivity contribution in [3.8, 4) is 22.8 Å². The number of nitrogens with zero attached hydrogens (tertiary/aromatic N) is 2. The third-order valence-corrected chi connectivity index (χ3v) is 3.79. The lowest BCUT2D eigenvalue weighted by molar-refractivity contribution is 0.628. The second-order valence-electron chi connectivity index (χ2n) is 5.04. The first-order valence-corrected chi connectivity index (χ1v) is 7.14. The minimum atomic E-state index is -0.508. The first-order valence-electron chi connectivity index (χ1n) is 6.76. The van der Waals surface area contributed by atoms with Crippen molar-refractivity contribution in [2.24, 2.45) is 0 Å². The highest BCUT2D eigenvalue weighted by Gasteiger charge is 2.12. The van der Waals surface area contributed by atoms with Crippen molar-refractivity contribution in [2.45, 2.75) is 0 Å². The summed E-state index contributed by atoms with van der Waals surface area (Å²) in [4.78, 5) is 7.38. The van der Waals surface area contributed by atoms with Gasteiger partial charge in [0.05, 0.1) is 21.7 Å². The number of hydrogen-bond acceptors (Lipinski definition) is 2. The number of fused-ring (bicyclic) bond motifs is 1. The zero-order valence-corrected chi connectivity index (χ0v) is 12.3. The zero-order valence-electron chi connectivity index (χ0n) is 11.6. The summed E-state index contributed by atoms with van der Waals surface area (Å²) in [5.74, 6) is -0.297. The molecule has 0 atom stereocenters. The van der Waals surface area contributed by atoms with Crippen molar-refractivity contribution in [1.29, 1.82) is 0 Å². The van der Waals surface area contributed by atoms with Crippen LogP contribution in [0.4, 0.5) is 8.78 Å². The van der Waals surface area contributed by atoms with Gasteiger partial charge in [-0.3, -0.25) is 5.10 Å². The second-order valence-corrected chi connectivity index (χ2v) is 5.45. The highest BCUT2D eigenvalue weighted by molar-refractivity contribution is 6.31. The fourth-order valence-electron chi connectivity index (χ4n) is 2.34. The molecule has 4 rings (SSSR count). The van der Waals surface area contributed by atoms with E-state index in [2.05, 4.69) is 20.2 Å². The number of aromatic amines is 2. The Morgan fingerprint density at radius 1 is 1.00 bits per heavy atom. The van der Waals surface area contributed by atoms with Crippen LogP contribution in [0.2, 0.25) is 5.02 Å². The lowest BCUT2D eigenvalue weighted by Crippen LogP contribution is -1.79. The Balaban J connectivity index is 1.75. The van der Waals surface area contributed by atoms with E-state index in [-0.39, 0.29) is 10.8 Å². The molecule has 23 heavy (non-hydrogen) atoms. The van der Waals surface area contributed by atoms with Crippen LogP contribution in [0.5, 0.6) is 0 Å². The summed E-state index contributed by atoms with van der Waals surface area (Å²) in [5.41, 5.74) is 3.17. The Labute approximate surface area is 134 Å². The van der Waals surface area contributed by atoms with E-state index in [1.54, 1.807) is 18.2 Å². The Morgan fingerprint density at radius 2 is 1.78 bits per heavy atom. The highest BCUT2D eigenvalue weighted by atomic mass is 35.5. The Morgan fingerprint density at radius 3 is 2.57 bits per heavy atom.